The molecule has 1 heterocycles. The quantitative estimate of drug-likeness (QED) is 0.380. The summed E-state index contributed by atoms with van der Waals surface area (Å²) >= 11 is 0. The molecule has 2 aromatic rings. The van der Waals surface area contributed by atoms with Gasteiger partial charge in [-0.05, 0) is 56.4 Å². The molecule has 0 saturated heterocycles. The van der Waals surface area contributed by atoms with Crippen molar-refractivity contribution in [2.24, 2.45) is 5.92 Å². The summed E-state index contributed by atoms with van der Waals surface area (Å²) < 4.78 is 6.00. The van der Waals surface area contributed by atoms with Gasteiger partial charge < -0.3 is 35.8 Å². The summed E-state index contributed by atoms with van der Waals surface area (Å²) in [5, 5.41) is 29.6. The number of hydrogen-bond acceptors (Lipinski definition) is 7. The lowest BCUT2D eigenvalue weighted by atomic mass is 9.94. The van der Waals surface area contributed by atoms with Gasteiger partial charge in [0.1, 0.15) is 30.2 Å². The molecule has 2 aliphatic rings. The van der Waals surface area contributed by atoms with Crippen molar-refractivity contribution in [3.63, 3.8) is 0 Å². The highest BCUT2D eigenvalue weighted by molar-refractivity contribution is 5.94. The molecule has 1 saturated carbocycles. The largest absolute Gasteiger partial charge is 0.508 e. The molecule has 1 fully saturated rings. The number of aromatic hydroxyl groups is 1. The van der Waals surface area contributed by atoms with Crippen molar-refractivity contribution in [3.8, 4) is 11.5 Å². The number of likely N-dealkylation sites (N-methyl/N-ethyl adjacent to an activating group) is 1. The molecule has 3 atom stereocenters. The molecule has 5 N–H and O–H groups in total. The molecule has 0 radical (unpaired) electrons. The minimum Gasteiger partial charge on any atom is -0.508 e. The number of carbonyl (C=O) groups excluding carboxylic acids is 3. The van der Waals surface area contributed by atoms with Crippen LogP contribution in [0.15, 0.2) is 54.6 Å². The summed E-state index contributed by atoms with van der Waals surface area (Å²) in [5.74, 6) is -0.479. The number of nitrogens with one attached hydrogen (secondary N) is 3. The monoisotopic (exact) mass is 564 g/mol. The first-order valence-corrected chi connectivity index (χ1v) is 14.0. The zero-order chi connectivity index (χ0) is 29.6. The second-order valence-corrected chi connectivity index (χ2v) is 11.2. The van der Waals surface area contributed by atoms with Gasteiger partial charge in [-0.3, -0.25) is 14.4 Å². The van der Waals surface area contributed by atoms with E-state index in [1.54, 1.807) is 18.2 Å². The van der Waals surface area contributed by atoms with E-state index in [9.17, 15) is 24.6 Å². The van der Waals surface area contributed by atoms with Crippen LogP contribution in [0.25, 0.3) is 6.08 Å². The van der Waals surface area contributed by atoms with Crippen LogP contribution in [0.5, 0.6) is 11.5 Å². The number of ether oxygens (including phenoxy) is 1. The predicted octanol–water partition coefficient (Wildman–Crippen LogP) is 1.61. The summed E-state index contributed by atoms with van der Waals surface area (Å²) in [4.78, 5) is 42.0. The number of phenolic OH excluding ortho intramolecular Hbond substituents is 1. The predicted molar refractivity (Wildman–Crippen MR) is 155 cm³/mol. The second kappa shape index (κ2) is 13.2. The van der Waals surface area contributed by atoms with Gasteiger partial charge in [-0.2, -0.15) is 0 Å². The van der Waals surface area contributed by atoms with E-state index in [-0.39, 0.29) is 30.5 Å². The number of fused-ring (bicyclic) bond motifs is 1. The number of benzene rings is 2. The Morgan fingerprint density at radius 2 is 1.73 bits per heavy atom. The standard InChI is InChI=1S/C31H40N4O6/c1-31(2,40)27-29(38)34-24(19-20-10-14-23(36)15-11-20)28(37)33-16-6-8-21-7-4-5-9-25(21)41-18-17-32-26(22-12-13-22)30(39)35(27)3/h4-11,14-15,22,24,26-27,32,36,40H,12-13,16-19H2,1-3H3,(H,33,37)(H,34,38)/t24-,26+,27-/m1/s1. The molecule has 1 aliphatic heterocycles. The Kier molecular flexibility index (Phi) is 9.67. The average Bonchev–Trinajstić information content (AvgIpc) is 3.76. The Morgan fingerprint density at radius 1 is 1.02 bits per heavy atom. The molecule has 0 aromatic heterocycles. The van der Waals surface area contributed by atoms with E-state index in [4.69, 9.17) is 4.74 Å². The average molecular weight is 565 g/mol. The zero-order valence-electron chi connectivity index (χ0n) is 23.8. The van der Waals surface area contributed by atoms with E-state index < -0.39 is 35.5 Å². The van der Waals surface area contributed by atoms with Gasteiger partial charge in [-0.15, -0.1) is 0 Å². The maximum Gasteiger partial charge on any atom is 0.246 e. The number of phenols is 1. The molecule has 3 amide bonds. The highest BCUT2D eigenvalue weighted by atomic mass is 16.5. The number of nitrogens with zero attached hydrogens (tertiary/aromatic N) is 1. The van der Waals surface area contributed by atoms with Gasteiger partial charge in [0.25, 0.3) is 0 Å². The van der Waals surface area contributed by atoms with E-state index >= 15 is 0 Å². The fourth-order valence-corrected chi connectivity index (χ4v) is 5.12. The molecule has 10 heteroatoms. The molecule has 1 aliphatic carbocycles. The van der Waals surface area contributed by atoms with Gasteiger partial charge in [-0.25, -0.2) is 0 Å². The highest BCUT2D eigenvalue weighted by Crippen LogP contribution is 2.34. The van der Waals surface area contributed by atoms with Crippen LogP contribution >= 0.6 is 0 Å². The molecule has 0 unspecified atom stereocenters. The minimum atomic E-state index is -1.60. The summed E-state index contributed by atoms with van der Waals surface area (Å²) in [6.07, 6.45) is 5.58. The molecule has 2 aromatic carbocycles. The van der Waals surface area contributed by atoms with Crippen LogP contribution in [0.4, 0.5) is 0 Å². The van der Waals surface area contributed by atoms with Crippen molar-refractivity contribution in [1.29, 1.82) is 0 Å². The molecule has 10 nitrogen and oxygen atoms in total. The van der Waals surface area contributed by atoms with Crippen LogP contribution in [-0.2, 0) is 20.8 Å². The summed E-state index contributed by atoms with van der Waals surface area (Å²) in [6, 6.07) is 11.1. The zero-order valence-corrected chi connectivity index (χ0v) is 23.8. The Morgan fingerprint density at radius 3 is 2.41 bits per heavy atom. The van der Waals surface area contributed by atoms with Gasteiger partial charge in [0, 0.05) is 32.1 Å². The Labute approximate surface area is 240 Å². The first-order valence-electron chi connectivity index (χ1n) is 14.0. The summed E-state index contributed by atoms with van der Waals surface area (Å²) in [5.41, 5.74) is -0.0351. The minimum absolute atomic E-state index is 0.0856. The number of carbonyl (C=O) groups is 3. The number of para-hydroxylation sites is 1. The summed E-state index contributed by atoms with van der Waals surface area (Å²) in [6.45, 7) is 3.89. The summed E-state index contributed by atoms with van der Waals surface area (Å²) in [7, 11) is 1.51. The fourth-order valence-electron chi connectivity index (χ4n) is 5.12. The van der Waals surface area contributed by atoms with Gasteiger partial charge in [0.05, 0.1) is 11.6 Å². The fraction of sp³-hybridized carbons (Fsp3) is 0.452. The van der Waals surface area contributed by atoms with Crippen LogP contribution in [0, 0.1) is 5.92 Å². The van der Waals surface area contributed by atoms with Gasteiger partial charge in [0.15, 0.2) is 0 Å². The number of amides is 3. The van der Waals surface area contributed by atoms with Crippen molar-refractivity contribution < 1.29 is 29.3 Å². The van der Waals surface area contributed by atoms with Crippen molar-refractivity contribution in [3.05, 3.63) is 65.7 Å². The number of rotatable bonds is 4. The maximum absolute atomic E-state index is 13.7. The van der Waals surface area contributed by atoms with Crippen molar-refractivity contribution in [2.75, 3.05) is 26.7 Å². The van der Waals surface area contributed by atoms with Crippen LogP contribution < -0.4 is 20.7 Å². The van der Waals surface area contributed by atoms with Gasteiger partial charge in [0.2, 0.25) is 17.7 Å². The SMILES string of the molecule is CN1C(=O)[C@H](C2CC2)NCCOc2ccccc2C=CCNC(=O)[C@@H](Cc2ccc(O)cc2)NC(=O)[C@@H]1C(C)(C)O. The topological polar surface area (TPSA) is 140 Å². The molecule has 220 valence electrons. The van der Waals surface area contributed by atoms with Crippen LogP contribution in [0.2, 0.25) is 0 Å². The molecular weight excluding hydrogens is 524 g/mol. The number of hydrogen-bond donors (Lipinski definition) is 5. The third-order valence-electron chi connectivity index (χ3n) is 7.36. The third-order valence-corrected chi connectivity index (χ3v) is 7.36. The molecule has 41 heavy (non-hydrogen) atoms. The van der Waals surface area contributed by atoms with Gasteiger partial charge >= 0.3 is 0 Å². The van der Waals surface area contributed by atoms with E-state index in [0.29, 0.717) is 24.5 Å². The Hall–Kier alpha value is -3.89. The van der Waals surface area contributed by atoms with Crippen molar-refractivity contribution in [2.45, 2.75) is 56.8 Å². The molecule has 0 bridgehead atoms. The van der Waals surface area contributed by atoms with E-state index in [0.717, 1.165) is 18.4 Å². The normalized spacial score (nSPS) is 23.5. The Balaban J connectivity index is 1.65. The third kappa shape index (κ3) is 8.08. The highest BCUT2D eigenvalue weighted by Gasteiger charge is 2.45. The lowest BCUT2D eigenvalue weighted by Crippen LogP contribution is -2.63. The van der Waals surface area contributed by atoms with Crippen LogP contribution in [0.1, 0.15) is 37.8 Å². The van der Waals surface area contributed by atoms with Crippen molar-refractivity contribution in [1.82, 2.24) is 20.9 Å². The van der Waals surface area contributed by atoms with Gasteiger partial charge in [-0.1, -0.05) is 42.5 Å². The van der Waals surface area contributed by atoms with E-state index in [1.165, 1.54) is 37.9 Å². The van der Waals surface area contributed by atoms with E-state index in [2.05, 4.69) is 16.0 Å². The number of aliphatic hydroxyl groups is 1. The lowest BCUT2D eigenvalue weighted by molar-refractivity contribution is -0.150. The maximum atomic E-state index is 13.7. The van der Waals surface area contributed by atoms with Crippen LogP contribution in [0.3, 0.4) is 0 Å². The van der Waals surface area contributed by atoms with E-state index in [1.807, 2.05) is 30.3 Å². The van der Waals surface area contributed by atoms with Crippen molar-refractivity contribution >= 4 is 23.8 Å². The molecular formula is C31H40N4O6. The first-order chi connectivity index (χ1) is 19.5. The Bertz CT molecular complexity index is 1250. The molecule has 0 spiro atoms. The first kappa shape index (κ1) is 30.1. The molecule has 4 rings (SSSR count). The smallest absolute Gasteiger partial charge is 0.246 e. The van der Waals surface area contributed by atoms with Crippen LogP contribution in [-0.4, -0.2) is 83.3 Å². The lowest BCUT2D eigenvalue weighted by Gasteiger charge is -2.38. The second-order valence-electron chi connectivity index (χ2n) is 11.2.